The Kier molecular flexibility index (Phi) is 3.59. The van der Waals surface area contributed by atoms with Gasteiger partial charge in [-0.25, -0.2) is 0 Å². The first kappa shape index (κ1) is 13.0. The number of nitrogens with zero attached hydrogens (tertiary/aromatic N) is 1. The van der Waals surface area contributed by atoms with Crippen LogP contribution in [0.3, 0.4) is 0 Å². The topological polar surface area (TPSA) is 22.9 Å². The molecule has 0 spiro atoms. The molecule has 0 atom stereocenters. The van der Waals surface area contributed by atoms with Crippen LogP contribution in [0.25, 0.3) is 16.6 Å². The Morgan fingerprint density at radius 3 is 2.30 bits per heavy atom. The van der Waals surface area contributed by atoms with Crippen LogP contribution < -0.4 is 5.59 Å². The zero-order valence-electron chi connectivity index (χ0n) is 11.6. The number of hydrogen-bond acceptors (Lipinski definition) is 2. The van der Waals surface area contributed by atoms with E-state index in [1.165, 1.54) is 11.1 Å². The maximum Gasteiger partial charge on any atom is 0.511 e. The highest BCUT2D eigenvalue weighted by molar-refractivity contribution is 6.60. The Morgan fingerprint density at radius 1 is 0.850 bits per heavy atom. The van der Waals surface area contributed by atoms with Crippen LogP contribution in [0.5, 0.6) is 0 Å². The molecule has 20 heavy (non-hydrogen) atoms. The van der Waals surface area contributed by atoms with Gasteiger partial charge < -0.3 is 13.7 Å². The summed E-state index contributed by atoms with van der Waals surface area (Å²) in [6.45, 7) is 0. The molecule has 0 aliphatic carbocycles. The van der Waals surface area contributed by atoms with Gasteiger partial charge in [-0.1, -0.05) is 36.4 Å². The molecule has 0 N–H and O–H groups in total. The molecule has 2 aromatic heterocycles. The number of pyridine rings is 1. The molecule has 0 aliphatic rings. The van der Waals surface area contributed by atoms with Crippen molar-refractivity contribution in [2.75, 3.05) is 14.2 Å². The molecule has 0 aliphatic heterocycles. The van der Waals surface area contributed by atoms with Crippen molar-refractivity contribution >= 4 is 18.2 Å². The van der Waals surface area contributed by atoms with E-state index in [2.05, 4.69) is 34.9 Å². The van der Waals surface area contributed by atoms with Crippen molar-refractivity contribution < 1.29 is 9.31 Å². The van der Waals surface area contributed by atoms with Crippen molar-refractivity contribution in [3.05, 3.63) is 60.8 Å². The summed E-state index contributed by atoms with van der Waals surface area (Å²) in [6.07, 6.45) is 2.12. The van der Waals surface area contributed by atoms with Gasteiger partial charge in [-0.15, -0.1) is 0 Å². The Hall–Kier alpha value is -2.04. The number of aromatic nitrogens is 1. The van der Waals surface area contributed by atoms with Crippen molar-refractivity contribution in [3.8, 4) is 11.1 Å². The minimum atomic E-state index is -0.366. The van der Waals surface area contributed by atoms with E-state index in [-0.39, 0.29) is 7.12 Å². The highest BCUT2D eigenvalue weighted by Gasteiger charge is 2.21. The second kappa shape index (κ2) is 5.53. The van der Waals surface area contributed by atoms with Crippen LogP contribution >= 0.6 is 0 Å². The van der Waals surface area contributed by atoms with Crippen LogP contribution in [0.1, 0.15) is 0 Å². The third-order valence-electron chi connectivity index (χ3n) is 3.44. The van der Waals surface area contributed by atoms with Crippen LogP contribution in [0.4, 0.5) is 0 Å². The van der Waals surface area contributed by atoms with E-state index in [1.807, 2.05) is 30.3 Å². The van der Waals surface area contributed by atoms with E-state index in [0.29, 0.717) is 0 Å². The number of hydrogen-bond donors (Lipinski definition) is 0. The van der Waals surface area contributed by atoms with Gasteiger partial charge in [-0.05, 0) is 23.8 Å². The van der Waals surface area contributed by atoms with Gasteiger partial charge in [-0.3, -0.25) is 0 Å². The van der Waals surface area contributed by atoms with E-state index >= 15 is 0 Å². The highest BCUT2D eigenvalue weighted by atomic mass is 16.6. The van der Waals surface area contributed by atoms with Gasteiger partial charge in [-0.2, -0.15) is 0 Å². The lowest BCUT2D eigenvalue weighted by Crippen LogP contribution is -2.38. The Balaban J connectivity index is 2.14. The predicted octanol–water partition coefficient (Wildman–Crippen LogP) is 2.59. The molecule has 3 rings (SSSR count). The van der Waals surface area contributed by atoms with E-state index < -0.39 is 0 Å². The molecule has 0 saturated heterocycles. The second-order valence-corrected chi connectivity index (χ2v) is 4.64. The van der Waals surface area contributed by atoms with Gasteiger partial charge in [0, 0.05) is 31.5 Å². The van der Waals surface area contributed by atoms with Crippen molar-refractivity contribution in [3.63, 3.8) is 0 Å². The van der Waals surface area contributed by atoms with Crippen molar-refractivity contribution in [2.45, 2.75) is 0 Å². The molecule has 0 radical (unpaired) electrons. The molecule has 100 valence electrons. The molecule has 0 bridgehead atoms. The summed E-state index contributed by atoms with van der Waals surface area (Å²) in [5.41, 5.74) is 4.49. The van der Waals surface area contributed by atoms with Gasteiger partial charge in [0.15, 0.2) is 0 Å². The third kappa shape index (κ3) is 2.24. The fourth-order valence-corrected chi connectivity index (χ4v) is 2.48. The number of benzene rings is 1. The summed E-state index contributed by atoms with van der Waals surface area (Å²) in [4.78, 5) is 0. The zero-order chi connectivity index (χ0) is 13.9. The Bertz CT molecular complexity index is 705. The van der Waals surface area contributed by atoms with Gasteiger partial charge in [0.1, 0.15) is 0 Å². The van der Waals surface area contributed by atoms with Gasteiger partial charge >= 0.3 is 7.12 Å². The van der Waals surface area contributed by atoms with Crippen molar-refractivity contribution in [1.29, 1.82) is 0 Å². The van der Waals surface area contributed by atoms with Crippen molar-refractivity contribution in [2.24, 2.45) is 0 Å². The van der Waals surface area contributed by atoms with Crippen LogP contribution in [0.15, 0.2) is 60.8 Å². The largest absolute Gasteiger partial charge is 0.511 e. The molecule has 3 aromatic rings. The normalized spacial score (nSPS) is 10.9. The molecule has 0 amide bonds. The monoisotopic (exact) mass is 265 g/mol. The lowest BCUT2D eigenvalue weighted by molar-refractivity contribution is 0.290. The third-order valence-corrected chi connectivity index (χ3v) is 3.44. The summed E-state index contributed by atoms with van der Waals surface area (Å²) in [7, 11) is 2.93. The quantitative estimate of drug-likeness (QED) is 0.677. The van der Waals surface area contributed by atoms with Gasteiger partial charge in [0.25, 0.3) is 0 Å². The number of fused-ring (bicyclic) bond motifs is 1. The Labute approximate surface area is 118 Å². The van der Waals surface area contributed by atoms with E-state index in [4.69, 9.17) is 9.31 Å². The molecule has 3 nitrogen and oxygen atoms in total. The minimum absolute atomic E-state index is 0.366. The summed E-state index contributed by atoms with van der Waals surface area (Å²) >= 11 is 0. The fourth-order valence-electron chi connectivity index (χ4n) is 2.48. The van der Waals surface area contributed by atoms with E-state index in [1.54, 1.807) is 14.2 Å². The highest BCUT2D eigenvalue weighted by Crippen LogP contribution is 2.21. The maximum absolute atomic E-state index is 5.37. The fraction of sp³-hybridized carbons (Fsp3) is 0.125. The SMILES string of the molecule is COB(OC)c1cccc2cc(-c3ccccc3)cn12. The Morgan fingerprint density at radius 2 is 1.60 bits per heavy atom. The molecule has 0 fully saturated rings. The smallest absolute Gasteiger partial charge is 0.409 e. The molecule has 1 aromatic carbocycles. The predicted molar refractivity (Wildman–Crippen MR) is 82.2 cm³/mol. The first-order chi connectivity index (χ1) is 9.83. The lowest BCUT2D eigenvalue weighted by atomic mass is 9.84. The molecule has 0 saturated carbocycles. The standard InChI is InChI=1S/C16H16BNO2/c1-19-17(20-2)16-10-6-9-15-11-14(12-18(15)16)13-7-4-3-5-8-13/h3-12H,1-2H3. The molecular weight excluding hydrogens is 249 g/mol. The van der Waals surface area contributed by atoms with E-state index in [9.17, 15) is 0 Å². The zero-order valence-corrected chi connectivity index (χ0v) is 11.6. The van der Waals surface area contributed by atoms with Crippen molar-refractivity contribution in [1.82, 2.24) is 4.40 Å². The molecular formula is C16H16BNO2. The summed E-state index contributed by atoms with van der Waals surface area (Å²) in [5, 5.41) is 0. The summed E-state index contributed by atoms with van der Waals surface area (Å²) in [5.74, 6) is 0. The van der Waals surface area contributed by atoms with Gasteiger partial charge in [0.05, 0.1) is 5.59 Å². The molecule has 2 heterocycles. The molecule has 0 unspecified atom stereocenters. The lowest BCUT2D eigenvalue weighted by Gasteiger charge is -2.11. The second-order valence-electron chi connectivity index (χ2n) is 4.64. The van der Waals surface area contributed by atoms with Crippen LogP contribution in [-0.2, 0) is 9.31 Å². The van der Waals surface area contributed by atoms with E-state index in [0.717, 1.165) is 11.1 Å². The van der Waals surface area contributed by atoms with Crippen LogP contribution in [0, 0.1) is 0 Å². The number of rotatable bonds is 4. The minimum Gasteiger partial charge on any atom is -0.409 e. The van der Waals surface area contributed by atoms with Crippen LogP contribution in [0.2, 0.25) is 0 Å². The summed E-state index contributed by atoms with van der Waals surface area (Å²) < 4.78 is 12.8. The van der Waals surface area contributed by atoms with Gasteiger partial charge in [0.2, 0.25) is 0 Å². The van der Waals surface area contributed by atoms with Crippen LogP contribution in [-0.4, -0.2) is 25.7 Å². The first-order valence-corrected chi connectivity index (χ1v) is 6.55. The average Bonchev–Trinajstić information content (AvgIpc) is 2.94. The maximum atomic E-state index is 5.37. The first-order valence-electron chi connectivity index (χ1n) is 6.55. The summed E-state index contributed by atoms with van der Waals surface area (Å²) in [6, 6.07) is 18.6. The average molecular weight is 265 g/mol. The molecule has 4 heteroatoms.